The maximum absolute atomic E-state index is 6.06. The van der Waals surface area contributed by atoms with E-state index >= 15 is 0 Å². The molecule has 0 bridgehead atoms. The summed E-state index contributed by atoms with van der Waals surface area (Å²) in [5.41, 5.74) is 2.77. The molecule has 0 aliphatic heterocycles. The zero-order chi connectivity index (χ0) is 19.0. The Labute approximate surface area is 157 Å². The molecule has 0 fully saturated rings. The van der Waals surface area contributed by atoms with Gasteiger partial charge in [0.15, 0.2) is 5.79 Å². The summed E-state index contributed by atoms with van der Waals surface area (Å²) in [6.45, 7) is 14.5. The highest BCUT2D eigenvalue weighted by Gasteiger charge is 2.21. The first-order valence-electron chi connectivity index (χ1n) is 10.2. The van der Waals surface area contributed by atoms with Crippen molar-refractivity contribution in [3.05, 3.63) is 35.5 Å². The van der Waals surface area contributed by atoms with Gasteiger partial charge in [-0.3, -0.25) is 0 Å². The maximum Gasteiger partial charge on any atom is 0.185 e. The lowest BCUT2D eigenvalue weighted by atomic mass is 10.1. The fraction of sp³-hybridized carbons (Fsp3) is 0.739. The number of unbranched alkanes of at least 4 members (excludes halogenated alkanes) is 4. The van der Waals surface area contributed by atoms with Crippen LogP contribution in [0, 0.1) is 0 Å². The van der Waals surface area contributed by atoms with Crippen molar-refractivity contribution in [3.63, 3.8) is 0 Å². The first-order chi connectivity index (χ1) is 11.9. The van der Waals surface area contributed by atoms with Crippen LogP contribution in [0.25, 0.3) is 0 Å². The lowest BCUT2D eigenvalue weighted by Crippen LogP contribution is -2.31. The molecule has 0 aromatic rings. The van der Waals surface area contributed by atoms with E-state index in [4.69, 9.17) is 9.47 Å². The SMILES string of the molecule is CCCCCOC(C)(C=CC=C(C)CCC=C(C)C)OCCCCC. The van der Waals surface area contributed by atoms with Gasteiger partial charge in [0, 0.05) is 0 Å². The summed E-state index contributed by atoms with van der Waals surface area (Å²) in [5.74, 6) is -0.613. The predicted octanol–water partition coefficient (Wildman–Crippen LogP) is 7.37. The third kappa shape index (κ3) is 15.1. The number of rotatable bonds is 15. The lowest BCUT2D eigenvalue weighted by Gasteiger charge is -2.27. The number of hydrogen-bond donors (Lipinski definition) is 0. The van der Waals surface area contributed by atoms with E-state index < -0.39 is 5.79 Å². The number of ether oxygens (including phenoxy) is 2. The van der Waals surface area contributed by atoms with E-state index in [1.807, 2.05) is 6.92 Å². The van der Waals surface area contributed by atoms with E-state index in [1.165, 1.54) is 36.8 Å². The molecule has 0 saturated carbocycles. The zero-order valence-corrected chi connectivity index (χ0v) is 17.7. The minimum Gasteiger partial charge on any atom is -0.347 e. The first-order valence-corrected chi connectivity index (χ1v) is 10.2. The van der Waals surface area contributed by atoms with Crippen molar-refractivity contribution < 1.29 is 9.47 Å². The highest BCUT2D eigenvalue weighted by atomic mass is 16.7. The Kier molecular flexibility index (Phi) is 14.9. The Morgan fingerprint density at radius 1 is 0.880 bits per heavy atom. The van der Waals surface area contributed by atoms with E-state index in [1.54, 1.807) is 0 Å². The molecule has 0 rings (SSSR count). The summed E-state index contributed by atoms with van der Waals surface area (Å²) < 4.78 is 12.1. The van der Waals surface area contributed by atoms with Crippen LogP contribution in [0.3, 0.4) is 0 Å². The van der Waals surface area contributed by atoms with Crippen molar-refractivity contribution in [2.45, 2.75) is 98.7 Å². The molecule has 0 saturated heterocycles. The Hall–Kier alpha value is -0.860. The summed E-state index contributed by atoms with van der Waals surface area (Å²) >= 11 is 0. The summed E-state index contributed by atoms with van der Waals surface area (Å²) in [6, 6.07) is 0. The van der Waals surface area contributed by atoms with Crippen molar-refractivity contribution in [2.75, 3.05) is 13.2 Å². The second-order valence-electron chi connectivity index (χ2n) is 7.32. The van der Waals surface area contributed by atoms with Crippen LogP contribution >= 0.6 is 0 Å². The van der Waals surface area contributed by atoms with Crippen molar-refractivity contribution in [1.29, 1.82) is 0 Å². The highest BCUT2D eigenvalue weighted by molar-refractivity contribution is 5.13. The molecule has 0 aromatic heterocycles. The van der Waals surface area contributed by atoms with Crippen LogP contribution < -0.4 is 0 Å². The van der Waals surface area contributed by atoms with Gasteiger partial charge < -0.3 is 9.47 Å². The molecule has 0 aliphatic carbocycles. The highest BCUT2D eigenvalue weighted by Crippen LogP contribution is 2.17. The summed E-state index contributed by atoms with van der Waals surface area (Å²) in [4.78, 5) is 0. The average Bonchev–Trinajstić information content (AvgIpc) is 2.55. The molecular formula is C23H42O2. The second kappa shape index (κ2) is 15.4. The van der Waals surface area contributed by atoms with Crippen molar-refractivity contribution >= 4 is 0 Å². The standard InChI is InChI=1S/C23H42O2/c1-7-9-11-19-24-23(6,25-20-12-10-8-2)18-14-17-22(5)16-13-15-21(3)4/h14-15,17-18H,7-13,16,19-20H2,1-6H3. The Morgan fingerprint density at radius 2 is 1.44 bits per heavy atom. The number of hydrogen-bond acceptors (Lipinski definition) is 2. The lowest BCUT2D eigenvalue weighted by molar-refractivity contribution is -0.193. The average molecular weight is 351 g/mol. The molecule has 2 heteroatoms. The minimum atomic E-state index is -0.613. The molecule has 0 amide bonds. The van der Waals surface area contributed by atoms with Gasteiger partial charge in [-0.1, -0.05) is 68.9 Å². The van der Waals surface area contributed by atoms with Gasteiger partial charge in [-0.25, -0.2) is 0 Å². The Morgan fingerprint density at radius 3 is 1.92 bits per heavy atom. The van der Waals surface area contributed by atoms with Gasteiger partial charge in [0.2, 0.25) is 0 Å². The summed E-state index contributed by atoms with van der Waals surface area (Å²) in [7, 11) is 0. The van der Waals surface area contributed by atoms with Gasteiger partial charge in [0.25, 0.3) is 0 Å². The van der Waals surface area contributed by atoms with E-state index in [0.717, 1.165) is 38.9 Å². The molecule has 2 nitrogen and oxygen atoms in total. The first kappa shape index (κ1) is 24.1. The topological polar surface area (TPSA) is 18.5 Å². The minimum absolute atomic E-state index is 0.613. The van der Waals surface area contributed by atoms with Gasteiger partial charge in [-0.05, 0) is 59.5 Å². The van der Waals surface area contributed by atoms with E-state index in [9.17, 15) is 0 Å². The van der Waals surface area contributed by atoms with Crippen LogP contribution in [0.5, 0.6) is 0 Å². The molecule has 146 valence electrons. The normalized spacial score (nSPS) is 12.8. The predicted molar refractivity (Wildman–Crippen MR) is 111 cm³/mol. The Bertz CT molecular complexity index is 388. The third-order valence-corrected chi connectivity index (χ3v) is 4.14. The molecule has 0 N–H and O–H groups in total. The largest absolute Gasteiger partial charge is 0.347 e. The van der Waals surface area contributed by atoms with Crippen LogP contribution in [0.4, 0.5) is 0 Å². The van der Waals surface area contributed by atoms with Crippen molar-refractivity contribution in [1.82, 2.24) is 0 Å². The molecule has 0 radical (unpaired) electrons. The van der Waals surface area contributed by atoms with Gasteiger partial charge >= 0.3 is 0 Å². The van der Waals surface area contributed by atoms with Crippen LogP contribution in [-0.2, 0) is 9.47 Å². The zero-order valence-electron chi connectivity index (χ0n) is 17.7. The molecule has 0 spiro atoms. The van der Waals surface area contributed by atoms with E-state index in [2.05, 4.69) is 58.9 Å². The van der Waals surface area contributed by atoms with Crippen LogP contribution in [-0.4, -0.2) is 19.0 Å². The molecule has 0 unspecified atom stereocenters. The summed E-state index contributed by atoms with van der Waals surface area (Å²) in [6.07, 6.45) is 17.9. The van der Waals surface area contributed by atoms with Gasteiger partial charge in [0.1, 0.15) is 0 Å². The van der Waals surface area contributed by atoms with Crippen LogP contribution in [0.1, 0.15) is 92.9 Å². The van der Waals surface area contributed by atoms with Crippen LogP contribution in [0.15, 0.2) is 35.5 Å². The fourth-order valence-electron chi connectivity index (χ4n) is 2.45. The fourth-order valence-corrected chi connectivity index (χ4v) is 2.45. The van der Waals surface area contributed by atoms with Gasteiger partial charge in [-0.2, -0.15) is 0 Å². The number of allylic oxidation sites excluding steroid dienone is 5. The summed E-state index contributed by atoms with van der Waals surface area (Å²) in [5, 5.41) is 0. The molecule has 0 atom stereocenters. The van der Waals surface area contributed by atoms with E-state index in [0.29, 0.717) is 0 Å². The van der Waals surface area contributed by atoms with E-state index in [-0.39, 0.29) is 0 Å². The van der Waals surface area contributed by atoms with Crippen LogP contribution in [0.2, 0.25) is 0 Å². The monoisotopic (exact) mass is 350 g/mol. The molecular weight excluding hydrogens is 308 g/mol. The molecule has 0 aromatic carbocycles. The smallest absolute Gasteiger partial charge is 0.185 e. The van der Waals surface area contributed by atoms with Crippen molar-refractivity contribution in [2.24, 2.45) is 0 Å². The van der Waals surface area contributed by atoms with Gasteiger partial charge in [-0.15, -0.1) is 0 Å². The quantitative estimate of drug-likeness (QED) is 0.133. The molecule has 0 heterocycles. The second-order valence-corrected chi connectivity index (χ2v) is 7.32. The van der Waals surface area contributed by atoms with Crippen molar-refractivity contribution in [3.8, 4) is 0 Å². The van der Waals surface area contributed by atoms with Gasteiger partial charge in [0.05, 0.1) is 13.2 Å². The third-order valence-electron chi connectivity index (χ3n) is 4.14. The Balaban J connectivity index is 4.57. The maximum atomic E-state index is 6.06. The molecule has 0 aliphatic rings. The molecule has 25 heavy (non-hydrogen) atoms.